The van der Waals surface area contributed by atoms with E-state index in [9.17, 15) is 14.7 Å². The maximum Gasteiger partial charge on any atom is 0.307 e. The lowest BCUT2D eigenvalue weighted by Crippen LogP contribution is -2.43. The molecule has 0 unspecified atom stereocenters. The second-order valence-corrected chi connectivity index (χ2v) is 5.66. The largest absolute Gasteiger partial charge is 0.481 e. The number of rotatable bonds is 6. The fraction of sp³-hybridized carbons (Fsp3) is 0.733. The molecule has 1 saturated carbocycles. The van der Waals surface area contributed by atoms with Crippen LogP contribution in [0.3, 0.4) is 0 Å². The number of carboxylic acids is 1. The van der Waals surface area contributed by atoms with E-state index in [1.807, 2.05) is 30.9 Å². The van der Waals surface area contributed by atoms with Crippen molar-refractivity contribution in [3.63, 3.8) is 0 Å². The third kappa shape index (κ3) is 2.53. The van der Waals surface area contributed by atoms with E-state index in [-0.39, 0.29) is 23.7 Å². The molecule has 4 heteroatoms. The molecule has 0 saturated heterocycles. The van der Waals surface area contributed by atoms with Gasteiger partial charge in [-0.2, -0.15) is 0 Å². The van der Waals surface area contributed by atoms with E-state index >= 15 is 0 Å². The van der Waals surface area contributed by atoms with Crippen LogP contribution in [0.15, 0.2) is 12.2 Å². The second-order valence-electron chi connectivity index (χ2n) is 5.66. The topological polar surface area (TPSA) is 57.6 Å². The average molecular weight is 265 g/mol. The van der Waals surface area contributed by atoms with Crippen LogP contribution in [0.25, 0.3) is 0 Å². The molecule has 0 aromatic rings. The van der Waals surface area contributed by atoms with Crippen LogP contribution in [-0.2, 0) is 9.59 Å². The molecule has 0 radical (unpaired) electrons. The van der Waals surface area contributed by atoms with E-state index < -0.39 is 11.9 Å². The van der Waals surface area contributed by atoms with Gasteiger partial charge in [-0.05, 0) is 31.1 Å². The number of amides is 1. The summed E-state index contributed by atoms with van der Waals surface area (Å²) < 4.78 is 0. The number of allylic oxidation sites excluding steroid dienone is 2. The van der Waals surface area contributed by atoms with Gasteiger partial charge in [0.2, 0.25) is 5.91 Å². The van der Waals surface area contributed by atoms with Gasteiger partial charge in [0.1, 0.15) is 0 Å². The lowest BCUT2D eigenvalue weighted by atomic mass is 9.82. The van der Waals surface area contributed by atoms with Crippen LogP contribution >= 0.6 is 0 Å². The fourth-order valence-corrected chi connectivity index (χ4v) is 3.58. The van der Waals surface area contributed by atoms with Crippen molar-refractivity contribution in [3.05, 3.63) is 12.2 Å². The lowest BCUT2D eigenvalue weighted by molar-refractivity contribution is -0.151. The zero-order valence-electron chi connectivity index (χ0n) is 11.7. The minimum atomic E-state index is -0.817. The Morgan fingerprint density at radius 2 is 1.63 bits per heavy atom. The summed E-state index contributed by atoms with van der Waals surface area (Å²) in [5.41, 5.74) is 0. The van der Waals surface area contributed by atoms with E-state index in [0.29, 0.717) is 0 Å². The van der Waals surface area contributed by atoms with Crippen molar-refractivity contribution in [3.8, 4) is 0 Å². The van der Waals surface area contributed by atoms with Crippen molar-refractivity contribution in [1.82, 2.24) is 4.90 Å². The first-order chi connectivity index (χ1) is 9.10. The summed E-state index contributed by atoms with van der Waals surface area (Å²) in [4.78, 5) is 26.0. The molecule has 0 heterocycles. The van der Waals surface area contributed by atoms with E-state index in [2.05, 4.69) is 0 Å². The van der Waals surface area contributed by atoms with Crippen LogP contribution in [0.2, 0.25) is 0 Å². The molecule has 1 N–H and O–H groups in total. The van der Waals surface area contributed by atoms with Crippen LogP contribution in [0.5, 0.6) is 0 Å². The van der Waals surface area contributed by atoms with Crippen molar-refractivity contribution in [1.29, 1.82) is 0 Å². The van der Waals surface area contributed by atoms with Gasteiger partial charge in [-0.3, -0.25) is 9.59 Å². The highest BCUT2D eigenvalue weighted by Crippen LogP contribution is 2.48. The van der Waals surface area contributed by atoms with Crippen LogP contribution in [0.4, 0.5) is 0 Å². The predicted molar refractivity (Wildman–Crippen MR) is 72.5 cm³/mol. The van der Waals surface area contributed by atoms with E-state index in [1.54, 1.807) is 0 Å². The third-order valence-corrected chi connectivity index (χ3v) is 4.33. The zero-order valence-corrected chi connectivity index (χ0v) is 11.7. The third-order valence-electron chi connectivity index (χ3n) is 4.33. The maximum atomic E-state index is 12.7. The Bertz CT molecular complexity index is 385. The minimum Gasteiger partial charge on any atom is -0.481 e. The molecule has 19 heavy (non-hydrogen) atoms. The Labute approximate surface area is 114 Å². The SMILES string of the molecule is CCCN(CCC)C(=O)[C@H]1[C@@H](C(=O)O)[C@H]2C=C[C@@H]1C2. The summed E-state index contributed by atoms with van der Waals surface area (Å²) in [6.07, 6.45) is 6.69. The predicted octanol–water partition coefficient (Wildman–Crippen LogP) is 2.16. The number of carboxylic acid groups (broad SMARTS) is 1. The number of carbonyl (C=O) groups excluding carboxylic acids is 1. The van der Waals surface area contributed by atoms with Crippen molar-refractivity contribution in [2.75, 3.05) is 13.1 Å². The molecule has 1 amide bonds. The first-order valence-corrected chi connectivity index (χ1v) is 7.30. The smallest absolute Gasteiger partial charge is 0.307 e. The number of aliphatic carboxylic acids is 1. The molecule has 0 aromatic heterocycles. The fourth-order valence-electron chi connectivity index (χ4n) is 3.58. The first kappa shape index (κ1) is 14.1. The van der Waals surface area contributed by atoms with Crippen LogP contribution in [-0.4, -0.2) is 35.0 Å². The van der Waals surface area contributed by atoms with Crippen molar-refractivity contribution in [2.24, 2.45) is 23.7 Å². The van der Waals surface area contributed by atoms with Crippen LogP contribution < -0.4 is 0 Å². The molecule has 106 valence electrons. The molecule has 0 aromatic carbocycles. The molecular formula is C15H23NO3. The van der Waals surface area contributed by atoms with Gasteiger partial charge in [0.15, 0.2) is 0 Å². The molecule has 4 nitrogen and oxygen atoms in total. The Hall–Kier alpha value is -1.32. The maximum absolute atomic E-state index is 12.7. The summed E-state index contributed by atoms with van der Waals surface area (Å²) in [7, 11) is 0. The van der Waals surface area contributed by atoms with Crippen LogP contribution in [0, 0.1) is 23.7 Å². The van der Waals surface area contributed by atoms with Gasteiger partial charge in [-0.15, -0.1) is 0 Å². The Morgan fingerprint density at radius 3 is 2.11 bits per heavy atom. The first-order valence-electron chi connectivity index (χ1n) is 7.30. The van der Waals surface area contributed by atoms with Gasteiger partial charge in [0.05, 0.1) is 11.8 Å². The molecule has 2 aliphatic carbocycles. The van der Waals surface area contributed by atoms with Gasteiger partial charge < -0.3 is 10.0 Å². The average Bonchev–Trinajstić information content (AvgIpc) is 2.97. The van der Waals surface area contributed by atoms with Gasteiger partial charge >= 0.3 is 5.97 Å². The van der Waals surface area contributed by atoms with Gasteiger partial charge in [0, 0.05) is 13.1 Å². The summed E-state index contributed by atoms with van der Waals surface area (Å²) in [5, 5.41) is 9.39. The lowest BCUT2D eigenvalue weighted by Gasteiger charge is -2.30. The van der Waals surface area contributed by atoms with Crippen molar-refractivity contribution in [2.45, 2.75) is 33.1 Å². The van der Waals surface area contributed by atoms with E-state index in [4.69, 9.17) is 0 Å². The highest BCUT2D eigenvalue weighted by Gasteiger charge is 2.52. The Balaban J connectivity index is 2.16. The standard InChI is InChI=1S/C15H23NO3/c1-3-7-16(8-4-2)14(17)12-10-5-6-11(9-10)13(12)15(18)19/h5-6,10-13H,3-4,7-9H2,1-2H3,(H,18,19)/t10-,11+,12-,13+/m1/s1. The summed E-state index contributed by atoms with van der Waals surface area (Å²) in [6.45, 7) is 5.56. The van der Waals surface area contributed by atoms with E-state index in [1.165, 1.54) is 0 Å². The molecule has 2 aliphatic rings. The summed E-state index contributed by atoms with van der Waals surface area (Å²) >= 11 is 0. The zero-order chi connectivity index (χ0) is 14.0. The monoisotopic (exact) mass is 265 g/mol. The minimum absolute atomic E-state index is 0.0490. The molecular weight excluding hydrogens is 242 g/mol. The van der Waals surface area contributed by atoms with E-state index in [0.717, 1.165) is 32.4 Å². The summed E-state index contributed by atoms with van der Waals surface area (Å²) in [5.74, 6) is -1.43. The van der Waals surface area contributed by atoms with Crippen molar-refractivity contribution < 1.29 is 14.7 Å². The molecule has 2 bridgehead atoms. The molecule has 4 atom stereocenters. The summed E-state index contributed by atoms with van der Waals surface area (Å²) in [6, 6.07) is 0. The molecule has 0 aliphatic heterocycles. The normalized spacial score (nSPS) is 31.7. The van der Waals surface area contributed by atoms with Crippen molar-refractivity contribution >= 4 is 11.9 Å². The molecule has 0 spiro atoms. The quantitative estimate of drug-likeness (QED) is 0.749. The number of nitrogens with zero attached hydrogens (tertiary/aromatic N) is 1. The Morgan fingerprint density at radius 1 is 1.11 bits per heavy atom. The highest BCUT2D eigenvalue weighted by molar-refractivity contribution is 5.87. The number of carbonyl (C=O) groups is 2. The Kier molecular flexibility index (Phi) is 4.27. The van der Waals surface area contributed by atoms with Crippen LogP contribution in [0.1, 0.15) is 33.1 Å². The number of hydrogen-bond acceptors (Lipinski definition) is 2. The highest BCUT2D eigenvalue weighted by atomic mass is 16.4. The molecule has 1 fully saturated rings. The second kappa shape index (κ2) is 5.76. The number of fused-ring (bicyclic) bond motifs is 2. The van der Waals surface area contributed by atoms with Gasteiger partial charge in [-0.1, -0.05) is 26.0 Å². The number of hydrogen-bond donors (Lipinski definition) is 1. The molecule has 2 rings (SSSR count). The van der Waals surface area contributed by atoms with Gasteiger partial charge in [-0.25, -0.2) is 0 Å². The van der Waals surface area contributed by atoms with Gasteiger partial charge in [0.25, 0.3) is 0 Å².